The summed E-state index contributed by atoms with van der Waals surface area (Å²) in [6.45, 7) is 1.26. The van der Waals surface area contributed by atoms with Crippen LogP contribution in [0, 0.1) is 0 Å². The zero-order valence-electron chi connectivity index (χ0n) is 15.3. The van der Waals surface area contributed by atoms with Crippen molar-refractivity contribution in [2.45, 2.75) is 12.8 Å². The van der Waals surface area contributed by atoms with Gasteiger partial charge in [-0.1, -0.05) is 0 Å². The van der Waals surface area contributed by atoms with Gasteiger partial charge in [0.25, 0.3) is 0 Å². The normalized spacial score (nSPS) is 13.8. The van der Waals surface area contributed by atoms with Crippen LogP contribution in [0.15, 0.2) is 24.3 Å². The zero-order chi connectivity index (χ0) is 19.3. The Morgan fingerprint density at radius 3 is 2.21 bits per heavy atom. The highest BCUT2D eigenvalue weighted by Gasteiger charge is 2.22. The van der Waals surface area contributed by atoms with Gasteiger partial charge in [-0.2, -0.15) is 0 Å². The fraction of sp³-hybridized carbons (Fsp3) is 0.400. The summed E-state index contributed by atoms with van der Waals surface area (Å²) < 4.78 is 32.6. The fourth-order valence-corrected chi connectivity index (χ4v) is 3.14. The molecule has 2 aliphatic rings. The van der Waals surface area contributed by atoms with Gasteiger partial charge in [0.15, 0.2) is 23.0 Å². The van der Waals surface area contributed by atoms with Crippen molar-refractivity contribution in [3.05, 3.63) is 35.4 Å². The predicted octanol–water partition coefficient (Wildman–Crippen LogP) is 2.02. The number of aromatic hydroxyl groups is 1. The predicted molar refractivity (Wildman–Crippen MR) is 97.6 cm³/mol. The Morgan fingerprint density at radius 2 is 1.46 bits per heavy atom. The molecular weight excluding hydrogens is 368 g/mol. The maximum absolute atomic E-state index is 10.0. The average molecular weight is 390 g/mol. The number of ether oxygens (including phenoxy) is 6. The molecular formula is C20H22O8. The van der Waals surface area contributed by atoms with Crippen LogP contribution in [0.25, 0.3) is 0 Å². The van der Waals surface area contributed by atoms with Crippen LogP contribution in [0.4, 0.5) is 0 Å². The molecule has 2 aromatic rings. The summed E-state index contributed by atoms with van der Waals surface area (Å²) in [4.78, 5) is 0. The first-order chi connectivity index (χ1) is 13.7. The number of aryl methyl sites for hydroxylation is 2. The first-order valence-electron chi connectivity index (χ1n) is 9.10. The summed E-state index contributed by atoms with van der Waals surface area (Å²) in [6.07, 6.45) is 1.41. The Kier molecular flexibility index (Phi) is 5.59. The Bertz CT molecular complexity index is 835. The van der Waals surface area contributed by atoms with E-state index in [2.05, 4.69) is 0 Å². The molecule has 150 valence electrons. The maximum atomic E-state index is 10.0. The van der Waals surface area contributed by atoms with Crippen LogP contribution in [-0.2, 0) is 17.6 Å². The van der Waals surface area contributed by atoms with E-state index in [1.165, 1.54) is 0 Å². The van der Waals surface area contributed by atoms with Crippen LogP contribution in [0.3, 0.4) is 0 Å². The summed E-state index contributed by atoms with van der Waals surface area (Å²) in [6, 6.07) is 7.43. The van der Waals surface area contributed by atoms with Gasteiger partial charge in [-0.3, -0.25) is 0 Å². The number of rotatable bonds is 9. The van der Waals surface area contributed by atoms with Gasteiger partial charge in [0.2, 0.25) is 25.1 Å². The van der Waals surface area contributed by atoms with E-state index in [1.807, 2.05) is 18.2 Å². The SMILES string of the molecule is OCCOCCOc1cc(CCc2cc(O)c3c(c2)OCO3)cc2c1OCO2. The molecule has 2 N–H and O–H groups in total. The van der Waals surface area contributed by atoms with Gasteiger partial charge < -0.3 is 38.6 Å². The van der Waals surface area contributed by atoms with Crippen LogP contribution in [0.1, 0.15) is 11.1 Å². The minimum Gasteiger partial charge on any atom is -0.504 e. The van der Waals surface area contributed by atoms with Crippen LogP contribution in [0.5, 0.6) is 34.5 Å². The molecule has 0 aliphatic carbocycles. The van der Waals surface area contributed by atoms with E-state index in [9.17, 15) is 5.11 Å². The quantitative estimate of drug-likeness (QED) is 0.628. The van der Waals surface area contributed by atoms with Crippen LogP contribution in [-0.4, -0.2) is 50.2 Å². The second-order valence-electron chi connectivity index (χ2n) is 6.36. The molecule has 0 fully saturated rings. The third-order valence-corrected chi connectivity index (χ3v) is 4.43. The van der Waals surface area contributed by atoms with Crippen molar-refractivity contribution in [2.24, 2.45) is 0 Å². The van der Waals surface area contributed by atoms with Gasteiger partial charge in [-0.05, 0) is 48.2 Å². The second-order valence-corrected chi connectivity index (χ2v) is 6.36. The van der Waals surface area contributed by atoms with Crippen molar-refractivity contribution in [1.29, 1.82) is 0 Å². The lowest BCUT2D eigenvalue weighted by atomic mass is 10.0. The molecule has 0 aromatic heterocycles. The molecule has 2 aromatic carbocycles. The summed E-state index contributed by atoms with van der Waals surface area (Å²) in [5.74, 6) is 2.89. The molecule has 0 spiro atoms. The van der Waals surface area contributed by atoms with E-state index >= 15 is 0 Å². The zero-order valence-corrected chi connectivity index (χ0v) is 15.3. The van der Waals surface area contributed by atoms with Crippen molar-refractivity contribution >= 4 is 0 Å². The van der Waals surface area contributed by atoms with Crippen molar-refractivity contribution < 1.29 is 38.6 Å². The Labute approximate surface area is 162 Å². The minimum atomic E-state index is -0.0166. The Balaban J connectivity index is 1.43. The van der Waals surface area contributed by atoms with E-state index in [1.54, 1.807) is 6.07 Å². The molecule has 0 radical (unpaired) electrons. The van der Waals surface area contributed by atoms with Crippen molar-refractivity contribution in [3.8, 4) is 34.5 Å². The number of fused-ring (bicyclic) bond motifs is 2. The third-order valence-electron chi connectivity index (χ3n) is 4.43. The van der Waals surface area contributed by atoms with Gasteiger partial charge in [-0.15, -0.1) is 0 Å². The highest BCUT2D eigenvalue weighted by atomic mass is 16.7. The number of phenols is 1. The van der Waals surface area contributed by atoms with Crippen LogP contribution in [0.2, 0.25) is 0 Å². The molecule has 8 heteroatoms. The highest BCUT2D eigenvalue weighted by Crippen LogP contribution is 2.43. The Hall–Kier alpha value is -2.84. The van der Waals surface area contributed by atoms with Gasteiger partial charge >= 0.3 is 0 Å². The Morgan fingerprint density at radius 1 is 0.786 bits per heavy atom. The summed E-state index contributed by atoms with van der Waals surface area (Å²) >= 11 is 0. The highest BCUT2D eigenvalue weighted by molar-refractivity contribution is 5.56. The molecule has 0 bridgehead atoms. The molecule has 0 atom stereocenters. The van der Waals surface area contributed by atoms with Crippen LogP contribution >= 0.6 is 0 Å². The van der Waals surface area contributed by atoms with E-state index in [0.717, 1.165) is 11.1 Å². The monoisotopic (exact) mass is 390 g/mol. The number of hydrogen-bond acceptors (Lipinski definition) is 8. The van der Waals surface area contributed by atoms with E-state index < -0.39 is 0 Å². The number of hydrogen-bond donors (Lipinski definition) is 2. The summed E-state index contributed by atoms with van der Waals surface area (Å²) in [5.41, 5.74) is 1.96. The molecule has 0 saturated carbocycles. The topological polar surface area (TPSA) is 95.8 Å². The summed E-state index contributed by atoms with van der Waals surface area (Å²) in [7, 11) is 0. The lowest BCUT2D eigenvalue weighted by Crippen LogP contribution is -2.09. The number of benzene rings is 2. The molecule has 2 heterocycles. The third kappa shape index (κ3) is 4.02. The first kappa shape index (κ1) is 18.5. The lowest BCUT2D eigenvalue weighted by molar-refractivity contribution is 0.0696. The van der Waals surface area contributed by atoms with Crippen molar-refractivity contribution in [2.75, 3.05) is 40.0 Å². The fourth-order valence-electron chi connectivity index (χ4n) is 3.14. The lowest BCUT2D eigenvalue weighted by Gasteiger charge is -2.12. The molecule has 0 saturated heterocycles. The van der Waals surface area contributed by atoms with Gasteiger partial charge in [-0.25, -0.2) is 0 Å². The van der Waals surface area contributed by atoms with Crippen LogP contribution < -0.4 is 23.7 Å². The molecule has 0 unspecified atom stereocenters. The smallest absolute Gasteiger partial charge is 0.231 e. The van der Waals surface area contributed by atoms with Gasteiger partial charge in [0.05, 0.1) is 19.8 Å². The molecule has 8 nitrogen and oxygen atoms in total. The largest absolute Gasteiger partial charge is 0.504 e. The molecule has 0 amide bonds. The van der Waals surface area contributed by atoms with Crippen molar-refractivity contribution in [3.63, 3.8) is 0 Å². The average Bonchev–Trinajstić information content (AvgIpc) is 3.35. The molecule has 2 aliphatic heterocycles. The van der Waals surface area contributed by atoms with Crippen molar-refractivity contribution in [1.82, 2.24) is 0 Å². The number of aliphatic hydroxyl groups is 1. The maximum Gasteiger partial charge on any atom is 0.231 e. The second kappa shape index (κ2) is 8.45. The number of aliphatic hydroxyl groups excluding tert-OH is 1. The number of phenolic OH excluding ortho intramolecular Hbond substituents is 1. The van der Waals surface area contributed by atoms with E-state index in [4.69, 9.17) is 33.5 Å². The standard InChI is InChI=1S/C20H22O8/c21-3-4-23-5-6-24-17-9-14(10-18-20(17)28-12-26-18)2-1-13-7-15(22)19-16(8-13)25-11-27-19/h7-10,21-22H,1-6,11-12H2. The van der Waals surface area contributed by atoms with E-state index in [0.29, 0.717) is 54.8 Å². The first-order valence-corrected chi connectivity index (χ1v) is 9.10. The molecule has 28 heavy (non-hydrogen) atoms. The van der Waals surface area contributed by atoms with Gasteiger partial charge in [0, 0.05) is 0 Å². The van der Waals surface area contributed by atoms with Gasteiger partial charge in [0.1, 0.15) is 6.61 Å². The molecule has 4 rings (SSSR count). The minimum absolute atomic E-state index is 0.0166. The summed E-state index contributed by atoms with van der Waals surface area (Å²) in [5, 5.41) is 18.8. The van der Waals surface area contributed by atoms with E-state index in [-0.39, 0.29) is 32.5 Å².